The molecule has 6 aromatic rings. The smallest absolute Gasteiger partial charge is 0.253 e. The van der Waals surface area contributed by atoms with E-state index in [1.54, 1.807) is 0 Å². The Balaban J connectivity index is 0.977. The summed E-state index contributed by atoms with van der Waals surface area (Å²) in [5.41, 5.74) is 6.67. The number of para-hydroxylation sites is 3. The summed E-state index contributed by atoms with van der Waals surface area (Å²) in [6, 6.07) is 34.1. The number of carbonyl (C=O) groups excluding carboxylic acids is 1. The summed E-state index contributed by atoms with van der Waals surface area (Å²) in [4.78, 5) is 27.9. The summed E-state index contributed by atoms with van der Waals surface area (Å²) in [6.45, 7) is 1.33. The Hall–Kier alpha value is -4.97. The van der Waals surface area contributed by atoms with Gasteiger partial charge in [0.15, 0.2) is 0 Å². The Morgan fingerprint density at radius 2 is 1.55 bits per heavy atom. The van der Waals surface area contributed by atoms with Crippen molar-refractivity contribution in [3.8, 4) is 28.3 Å². The number of aromatic nitrogens is 3. The highest BCUT2D eigenvalue weighted by Crippen LogP contribution is 2.27. The van der Waals surface area contributed by atoms with Crippen molar-refractivity contribution in [1.29, 1.82) is 0 Å². The van der Waals surface area contributed by atoms with Crippen LogP contribution in [-0.4, -0.2) is 45.0 Å². The minimum Gasteiger partial charge on any atom is -0.490 e. The van der Waals surface area contributed by atoms with Crippen LogP contribution in [-0.2, 0) is 0 Å². The number of hydrogen-bond acceptors (Lipinski definition) is 4. The summed E-state index contributed by atoms with van der Waals surface area (Å²) >= 11 is 0. The summed E-state index contributed by atoms with van der Waals surface area (Å²) in [5, 5.41) is 1.13. The maximum absolute atomic E-state index is 13.3. The average Bonchev–Trinajstić information content (AvgIpc) is 3.46. The first-order valence-corrected chi connectivity index (χ1v) is 13.7. The van der Waals surface area contributed by atoms with E-state index < -0.39 is 0 Å². The number of imidazole rings is 1. The highest BCUT2D eigenvalue weighted by atomic mass is 16.5. The van der Waals surface area contributed by atoms with E-state index in [1.807, 2.05) is 90.0 Å². The average molecular weight is 525 g/mol. The molecule has 0 unspecified atom stereocenters. The van der Waals surface area contributed by atoms with Gasteiger partial charge >= 0.3 is 0 Å². The van der Waals surface area contributed by atoms with Gasteiger partial charge in [0, 0.05) is 54.2 Å². The second-order valence-corrected chi connectivity index (χ2v) is 10.2. The van der Waals surface area contributed by atoms with E-state index in [0.717, 1.165) is 63.0 Å². The number of aromatic amines is 1. The number of pyridine rings is 1. The van der Waals surface area contributed by atoms with Gasteiger partial charge in [0.2, 0.25) is 0 Å². The molecule has 0 atom stereocenters. The lowest BCUT2D eigenvalue weighted by Crippen LogP contribution is -2.41. The van der Waals surface area contributed by atoms with E-state index in [2.05, 4.69) is 39.2 Å². The van der Waals surface area contributed by atoms with E-state index in [4.69, 9.17) is 4.74 Å². The van der Waals surface area contributed by atoms with E-state index >= 15 is 0 Å². The van der Waals surface area contributed by atoms with Crippen LogP contribution in [0.5, 0.6) is 5.75 Å². The lowest BCUT2D eigenvalue weighted by Gasteiger charge is -2.32. The summed E-state index contributed by atoms with van der Waals surface area (Å²) < 4.78 is 6.29. The van der Waals surface area contributed by atoms with Gasteiger partial charge in [0.1, 0.15) is 17.7 Å². The third-order valence-corrected chi connectivity index (χ3v) is 7.58. The van der Waals surface area contributed by atoms with Gasteiger partial charge in [0.05, 0.1) is 16.6 Å². The van der Waals surface area contributed by atoms with Gasteiger partial charge in [0.25, 0.3) is 5.91 Å². The van der Waals surface area contributed by atoms with Gasteiger partial charge < -0.3 is 14.6 Å². The van der Waals surface area contributed by atoms with Crippen LogP contribution in [0.2, 0.25) is 0 Å². The fourth-order valence-electron chi connectivity index (χ4n) is 5.40. The second-order valence-electron chi connectivity index (χ2n) is 10.2. The highest BCUT2D eigenvalue weighted by molar-refractivity contribution is 5.95. The molecule has 6 nitrogen and oxygen atoms in total. The monoisotopic (exact) mass is 524 g/mol. The highest BCUT2D eigenvalue weighted by Gasteiger charge is 2.25. The Bertz CT molecular complexity index is 1780. The molecule has 0 spiro atoms. The van der Waals surface area contributed by atoms with Crippen LogP contribution in [0, 0.1) is 0 Å². The molecule has 4 aromatic carbocycles. The lowest BCUT2D eigenvalue weighted by molar-refractivity contribution is 0.0595. The number of hydrogen-bond donors (Lipinski definition) is 1. The number of nitrogens with one attached hydrogen (secondary N) is 1. The Morgan fingerprint density at radius 1 is 0.775 bits per heavy atom. The van der Waals surface area contributed by atoms with Crippen LogP contribution in [0.3, 0.4) is 0 Å². The number of piperidine rings is 1. The molecule has 0 saturated carbocycles. The molecule has 3 heterocycles. The topological polar surface area (TPSA) is 71.1 Å². The van der Waals surface area contributed by atoms with Crippen molar-refractivity contribution in [2.45, 2.75) is 18.9 Å². The zero-order valence-electron chi connectivity index (χ0n) is 22.0. The van der Waals surface area contributed by atoms with Gasteiger partial charge in [-0.2, -0.15) is 0 Å². The van der Waals surface area contributed by atoms with Crippen molar-refractivity contribution in [3.05, 3.63) is 115 Å². The molecule has 1 amide bonds. The largest absolute Gasteiger partial charge is 0.490 e. The number of H-pyrrole nitrogens is 1. The van der Waals surface area contributed by atoms with Crippen LogP contribution in [0.25, 0.3) is 44.5 Å². The first-order chi connectivity index (χ1) is 19.7. The number of fused-ring (bicyclic) bond motifs is 2. The van der Waals surface area contributed by atoms with Gasteiger partial charge in [-0.3, -0.25) is 9.78 Å². The van der Waals surface area contributed by atoms with E-state index in [9.17, 15) is 4.79 Å². The molecule has 1 N–H and O–H groups in total. The van der Waals surface area contributed by atoms with Crippen molar-refractivity contribution in [3.63, 3.8) is 0 Å². The fourth-order valence-corrected chi connectivity index (χ4v) is 5.40. The van der Waals surface area contributed by atoms with Crippen LogP contribution in [0.4, 0.5) is 0 Å². The maximum atomic E-state index is 13.3. The third-order valence-electron chi connectivity index (χ3n) is 7.58. The van der Waals surface area contributed by atoms with Crippen LogP contribution < -0.4 is 4.74 Å². The number of carbonyl (C=O) groups is 1. The first kappa shape index (κ1) is 24.1. The van der Waals surface area contributed by atoms with Gasteiger partial charge in [-0.25, -0.2) is 4.98 Å². The molecule has 0 aliphatic carbocycles. The predicted octanol–water partition coefficient (Wildman–Crippen LogP) is 7.13. The van der Waals surface area contributed by atoms with E-state index in [1.165, 1.54) is 0 Å². The number of likely N-dealkylation sites (tertiary alicyclic amines) is 1. The van der Waals surface area contributed by atoms with Crippen molar-refractivity contribution >= 4 is 27.8 Å². The molecule has 1 aliphatic heterocycles. The minimum atomic E-state index is 0.0461. The third kappa shape index (κ3) is 4.80. The van der Waals surface area contributed by atoms with Crippen molar-refractivity contribution in [1.82, 2.24) is 19.9 Å². The van der Waals surface area contributed by atoms with Crippen LogP contribution in [0.15, 0.2) is 109 Å². The SMILES string of the molecule is O=C(c1cccc(-c2nc3ccccc3[nH]2)c1)N1CCC(Oc2ccc(-c3cnc4ccccc4c3)cc2)CC1. The molecule has 196 valence electrons. The summed E-state index contributed by atoms with van der Waals surface area (Å²) in [7, 11) is 0. The quantitative estimate of drug-likeness (QED) is 0.260. The number of rotatable bonds is 5. The molecule has 1 saturated heterocycles. The van der Waals surface area contributed by atoms with Crippen LogP contribution >= 0.6 is 0 Å². The van der Waals surface area contributed by atoms with Gasteiger partial charge in [-0.1, -0.05) is 54.6 Å². The standard InChI is InChI=1S/C34H28N4O2/c39-34(26-8-5-7-25(21-26)33-36-31-10-3-4-11-32(31)37-33)38-18-16-29(17-19-38)40-28-14-12-23(13-15-28)27-20-24-6-1-2-9-30(24)35-22-27/h1-15,20-22,29H,16-19H2,(H,36,37). The first-order valence-electron chi connectivity index (χ1n) is 13.7. The summed E-state index contributed by atoms with van der Waals surface area (Å²) in [5.74, 6) is 1.66. The second kappa shape index (κ2) is 10.3. The summed E-state index contributed by atoms with van der Waals surface area (Å²) in [6.07, 6.45) is 3.59. The molecule has 7 rings (SSSR count). The fraction of sp³-hybridized carbons (Fsp3) is 0.147. The lowest BCUT2D eigenvalue weighted by atomic mass is 10.0. The molecule has 0 bridgehead atoms. The number of amides is 1. The predicted molar refractivity (Wildman–Crippen MR) is 158 cm³/mol. The Labute approximate surface area is 232 Å². The zero-order valence-corrected chi connectivity index (χ0v) is 22.0. The molecule has 1 aliphatic rings. The number of benzene rings is 4. The minimum absolute atomic E-state index is 0.0461. The Morgan fingerprint density at radius 3 is 2.38 bits per heavy atom. The molecule has 40 heavy (non-hydrogen) atoms. The van der Waals surface area contributed by atoms with Crippen molar-refractivity contribution in [2.75, 3.05) is 13.1 Å². The molecule has 0 radical (unpaired) electrons. The normalized spacial score (nSPS) is 14.1. The van der Waals surface area contributed by atoms with Crippen molar-refractivity contribution in [2.24, 2.45) is 0 Å². The van der Waals surface area contributed by atoms with E-state index in [-0.39, 0.29) is 12.0 Å². The molecule has 6 heteroatoms. The number of nitrogens with zero attached hydrogens (tertiary/aromatic N) is 3. The molecular weight excluding hydrogens is 496 g/mol. The van der Waals surface area contributed by atoms with Gasteiger partial charge in [-0.05, 0) is 54.1 Å². The molecule has 2 aromatic heterocycles. The van der Waals surface area contributed by atoms with Gasteiger partial charge in [-0.15, -0.1) is 0 Å². The van der Waals surface area contributed by atoms with E-state index in [0.29, 0.717) is 18.7 Å². The maximum Gasteiger partial charge on any atom is 0.253 e. The van der Waals surface area contributed by atoms with Crippen LogP contribution in [0.1, 0.15) is 23.2 Å². The van der Waals surface area contributed by atoms with Crippen molar-refractivity contribution < 1.29 is 9.53 Å². The molecular formula is C34H28N4O2. The Kier molecular flexibility index (Phi) is 6.21. The molecule has 1 fully saturated rings. The number of ether oxygens (including phenoxy) is 1. The zero-order chi connectivity index (χ0) is 26.9.